The summed E-state index contributed by atoms with van der Waals surface area (Å²) in [6.45, 7) is 4.52. The van der Waals surface area contributed by atoms with Crippen LogP contribution < -0.4 is 0 Å². The summed E-state index contributed by atoms with van der Waals surface area (Å²) < 4.78 is 11.7. The van der Waals surface area contributed by atoms with E-state index in [1.165, 1.54) is 17.5 Å². The van der Waals surface area contributed by atoms with Crippen LogP contribution in [0.2, 0.25) is 0 Å². The molecule has 2 aromatic carbocycles. The highest BCUT2D eigenvalue weighted by Crippen LogP contribution is 2.25. The van der Waals surface area contributed by atoms with E-state index in [-0.39, 0.29) is 6.10 Å². The zero-order valence-electron chi connectivity index (χ0n) is 13.4. The molecular weight excluding hydrogens is 272 g/mol. The van der Waals surface area contributed by atoms with E-state index in [4.69, 9.17) is 9.47 Å². The molecule has 0 bridgehead atoms. The number of benzene rings is 2. The third kappa shape index (κ3) is 5.63. The number of ether oxygens (including phenoxy) is 2. The van der Waals surface area contributed by atoms with Crippen LogP contribution in [0.25, 0.3) is 0 Å². The monoisotopic (exact) mass is 298 g/mol. The smallest absolute Gasteiger partial charge is 0.108 e. The third-order valence-corrected chi connectivity index (χ3v) is 3.56. The molecular formula is C20H26O2. The van der Waals surface area contributed by atoms with E-state index in [0.717, 1.165) is 26.1 Å². The Morgan fingerprint density at radius 1 is 0.727 bits per heavy atom. The zero-order valence-corrected chi connectivity index (χ0v) is 13.4. The number of rotatable bonds is 10. The SMILES string of the molecule is CCCCOCCCOC(c1ccccc1)c1ccccc1. The fourth-order valence-corrected chi connectivity index (χ4v) is 2.35. The zero-order chi connectivity index (χ0) is 15.5. The summed E-state index contributed by atoms with van der Waals surface area (Å²) in [5.74, 6) is 0. The maximum Gasteiger partial charge on any atom is 0.108 e. The summed E-state index contributed by atoms with van der Waals surface area (Å²) in [5.41, 5.74) is 2.39. The molecule has 0 aliphatic heterocycles. The standard InChI is InChI=1S/C20H26O2/c1-2-3-15-21-16-10-17-22-20(18-11-6-4-7-12-18)19-13-8-5-9-14-19/h4-9,11-14,20H,2-3,10,15-17H2,1H3. The van der Waals surface area contributed by atoms with Crippen molar-refractivity contribution in [3.8, 4) is 0 Å². The van der Waals surface area contributed by atoms with E-state index in [9.17, 15) is 0 Å². The van der Waals surface area contributed by atoms with Crippen molar-refractivity contribution in [3.63, 3.8) is 0 Å². The first kappa shape index (κ1) is 16.7. The van der Waals surface area contributed by atoms with E-state index < -0.39 is 0 Å². The molecule has 2 rings (SSSR count). The number of hydrogen-bond acceptors (Lipinski definition) is 2. The normalized spacial score (nSPS) is 11.0. The number of unbranched alkanes of at least 4 members (excludes halogenated alkanes) is 1. The van der Waals surface area contributed by atoms with Gasteiger partial charge >= 0.3 is 0 Å². The Hall–Kier alpha value is -1.64. The first-order valence-electron chi connectivity index (χ1n) is 8.21. The van der Waals surface area contributed by atoms with Gasteiger partial charge in [-0.05, 0) is 24.0 Å². The van der Waals surface area contributed by atoms with Crippen LogP contribution in [0.5, 0.6) is 0 Å². The molecule has 2 heteroatoms. The summed E-state index contributed by atoms with van der Waals surface area (Å²) >= 11 is 0. The second-order valence-corrected chi connectivity index (χ2v) is 5.39. The lowest BCUT2D eigenvalue weighted by Gasteiger charge is -2.19. The Morgan fingerprint density at radius 3 is 1.82 bits per heavy atom. The molecule has 22 heavy (non-hydrogen) atoms. The van der Waals surface area contributed by atoms with Gasteiger partial charge in [0.05, 0.1) is 6.61 Å². The van der Waals surface area contributed by atoms with Crippen molar-refractivity contribution in [2.75, 3.05) is 19.8 Å². The molecule has 0 aromatic heterocycles. The van der Waals surface area contributed by atoms with Crippen LogP contribution in [0.15, 0.2) is 60.7 Å². The molecule has 0 aliphatic carbocycles. The highest BCUT2D eigenvalue weighted by molar-refractivity contribution is 5.29. The van der Waals surface area contributed by atoms with Gasteiger partial charge in [0, 0.05) is 13.2 Å². The van der Waals surface area contributed by atoms with Crippen molar-refractivity contribution in [2.24, 2.45) is 0 Å². The average molecular weight is 298 g/mol. The topological polar surface area (TPSA) is 18.5 Å². The Labute approximate surface area is 134 Å². The van der Waals surface area contributed by atoms with Crippen LogP contribution in [0.1, 0.15) is 43.4 Å². The highest BCUT2D eigenvalue weighted by Gasteiger charge is 2.13. The minimum atomic E-state index is -0.00181. The second-order valence-electron chi connectivity index (χ2n) is 5.39. The molecule has 0 N–H and O–H groups in total. The molecule has 0 saturated carbocycles. The lowest BCUT2D eigenvalue weighted by Crippen LogP contribution is -2.09. The van der Waals surface area contributed by atoms with Crippen molar-refractivity contribution >= 4 is 0 Å². The van der Waals surface area contributed by atoms with Crippen LogP contribution in [0.3, 0.4) is 0 Å². The summed E-state index contributed by atoms with van der Waals surface area (Å²) in [7, 11) is 0. The van der Waals surface area contributed by atoms with Crippen LogP contribution >= 0.6 is 0 Å². The minimum absolute atomic E-state index is 0.00181. The maximum atomic E-state index is 6.14. The van der Waals surface area contributed by atoms with Crippen LogP contribution in [-0.2, 0) is 9.47 Å². The quantitative estimate of drug-likeness (QED) is 0.575. The van der Waals surface area contributed by atoms with E-state index in [0.29, 0.717) is 6.61 Å². The van der Waals surface area contributed by atoms with Gasteiger partial charge in [0.1, 0.15) is 6.10 Å². The predicted molar refractivity (Wildman–Crippen MR) is 91.0 cm³/mol. The third-order valence-electron chi connectivity index (χ3n) is 3.56. The first-order chi connectivity index (χ1) is 10.9. The second kappa shape index (κ2) is 10.1. The Kier molecular flexibility index (Phi) is 7.71. The lowest BCUT2D eigenvalue weighted by molar-refractivity contribution is 0.0514. The molecule has 118 valence electrons. The Balaban J connectivity index is 1.87. The molecule has 0 heterocycles. The van der Waals surface area contributed by atoms with Gasteiger partial charge in [0.25, 0.3) is 0 Å². The van der Waals surface area contributed by atoms with Crippen molar-refractivity contribution in [3.05, 3.63) is 71.8 Å². The van der Waals surface area contributed by atoms with E-state index in [1.807, 2.05) is 12.1 Å². The van der Waals surface area contributed by atoms with Gasteiger partial charge in [-0.2, -0.15) is 0 Å². The van der Waals surface area contributed by atoms with Crippen LogP contribution in [0, 0.1) is 0 Å². The fraction of sp³-hybridized carbons (Fsp3) is 0.400. The summed E-state index contributed by atoms with van der Waals surface area (Å²) in [5, 5.41) is 0. The Bertz CT molecular complexity index is 456. The van der Waals surface area contributed by atoms with Crippen LogP contribution in [-0.4, -0.2) is 19.8 Å². The van der Waals surface area contributed by atoms with E-state index in [1.54, 1.807) is 0 Å². The maximum absolute atomic E-state index is 6.14. The molecule has 0 amide bonds. The van der Waals surface area contributed by atoms with Gasteiger partial charge in [0.15, 0.2) is 0 Å². The van der Waals surface area contributed by atoms with Gasteiger partial charge in [-0.1, -0.05) is 74.0 Å². The van der Waals surface area contributed by atoms with Gasteiger partial charge in [0.2, 0.25) is 0 Å². The summed E-state index contributed by atoms with van der Waals surface area (Å²) in [4.78, 5) is 0. The van der Waals surface area contributed by atoms with Crippen molar-refractivity contribution in [1.29, 1.82) is 0 Å². The largest absolute Gasteiger partial charge is 0.381 e. The van der Waals surface area contributed by atoms with E-state index >= 15 is 0 Å². The van der Waals surface area contributed by atoms with Gasteiger partial charge in [-0.25, -0.2) is 0 Å². The molecule has 0 spiro atoms. The molecule has 0 saturated heterocycles. The minimum Gasteiger partial charge on any atom is -0.381 e. The van der Waals surface area contributed by atoms with Crippen molar-refractivity contribution in [2.45, 2.75) is 32.3 Å². The van der Waals surface area contributed by atoms with Crippen molar-refractivity contribution in [1.82, 2.24) is 0 Å². The molecule has 2 nitrogen and oxygen atoms in total. The van der Waals surface area contributed by atoms with Crippen LogP contribution in [0.4, 0.5) is 0 Å². The molecule has 0 aliphatic rings. The van der Waals surface area contributed by atoms with Gasteiger partial charge in [-0.15, -0.1) is 0 Å². The molecule has 2 aromatic rings. The Morgan fingerprint density at radius 2 is 1.27 bits per heavy atom. The first-order valence-corrected chi connectivity index (χ1v) is 8.21. The lowest BCUT2D eigenvalue weighted by atomic mass is 10.0. The van der Waals surface area contributed by atoms with Gasteiger partial charge < -0.3 is 9.47 Å². The predicted octanol–water partition coefficient (Wildman–Crippen LogP) is 5.00. The number of hydrogen-bond donors (Lipinski definition) is 0. The average Bonchev–Trinajstić information content (AvgIpc) is 2.59. The molecule has 0 unspecified atom stereocenters. The summed E-state index contributed by atoms with van der Waals surface area (Å²) in [6.07, 6.45) is 3.25. The van der Waals surface area contributed by atoms with E-state index in [2.05, 4.69) is 55.5 Å². The molecule has 0 radical (unpaired) electrons. The molecule has 0 fully saturated rings. The summed E-state index contributed by atoms with van der Waals surface area (Å²) in [6, 6.07) is 20.8. The van der Waals surface area contributed by atoms with Crippen molar-refractivity contribution < 1.29 is 9.47 Å². The van der Waals surface area contributed by atoms with Gasteiger partial charge in [-0.3, -0.25) is 0 Å². The fourth-order valence-electron chi connectivity index (χ4n) is 2.35. The molecule has 0 atom stereocenters. The highest BCUT2D eigenvalue weighted by atomic mass is 16.5.